The highest BCUT2D eigenvalue weighted by atomic mass is 16.5. The summed E-state index contributed by atoms with van der Waals surface area (Å²) in [5, 5.41) is 0. The number of hydrogen-bond donors (Lipinski definition) is 0. The summed E-state index contributed by atoms with van der Waals surface area (Å²) in [6.07, 6.45) is 0.713. The summed E-state index contributed by atoms with van der Waals surface area (Å²) in [5.41, 5.74) is 15.7. The fraction of sp³-hybridized carbons (Fsp3) is 0.0566. The summed E-state index contributed by atoms with van der Waals surface area (Å²) in [7, 11) is 0. The topological polar surface area (TPSA) is 34.0 Å². The molecular weight excluding hydrogens is 681 g/mol. The normalized spacial score (nSPS) is 15.8. The van der Waals surface area contributed by atoms with Gasteiger partial charge in [-0.25, -0.2) is 4.99 Å². The Morgan fingerprint density at radius 2 is 0.982 bits per heavy atom. The van der Waals surface area contributed by atoms with Crippen molar-refractivity contribution in [3.8, 4) is 44.9 Å². The van der Waals surface area contributed by atoms with E-state index in [1.54, 1.807) is 0 Å². The van der Waals surface area contributed by atoms with Crippen LogP contribution in [0.25, 0.3) is 33.4 Å². The lowest BCUT2D eigenvalue weighted by Gasteiger charge is -2.39. The van der Waals surface area contributed by atoms with Gasteiger partial charge in [0.1, 0.15) is 11.5 Å². The van der Waals surface area contributed by atoms with Gasteiger partial charge in [0.15, 0.2) is 5.84 Å². The molecule has 3 heteroatoms. The molecule has 3 nitrogen and oxygen atoms in total. The van der Waals surface area contributed by atoms with E-state index in [0.717, 1.165) is 50.9 Å². The van der Waals surface area contributed by atoms with E-state index in [4.69, 9.17) is 14.7 Å². The van der Waals surface area contributed by atoms with E-state index < -0.39 is 5.41 Å². The molecule has 2 heterocycles. The average Bonchev–Trinajstić information content (AvgIpc) is 3.57. The molecule has 0 bridgehead atoms. The molecule has 1 aliphatic carbocycles. The Balaban J connectivity index is 1.06. The molecule has 0 saturated carbocycles. The molecule has 0 fully saturated rings. The minimum Gasteiger partial charge on any atom is -0.457 e. The van der Waals surface area contributed by atoms with Crippen molar-refractivity contribution in [3.05, 3.63) is 239 Å². The predicted molar refractivity (Wildman–Crippen MR) is 228 cm³/mol. The molecule has 1 atom stereocenters. The Labute approximate surface area is 327 Å². The van der Waals surface area contributed by atoms with E-state index >= 15 is 0 Å². The zero-order chi connectivity index (χ0) is 37.1. The maximum Gasteiger partial charge on any atom is 0.156 e. The number of ether oxygens (including phenoxy) is 1. The van der Waals surface area contributed by atoms with Crippen LogP contribution in [0.3, 0.4) is 0 Å². The van der Waals surface area contributed by atoms with Crippen LogP contribution < -0.4 is 4.74 Å². The summed E-state index contributed by atoms with van der Waals surface area (Å²) in [6.45, 7) is 0. The number of amidine groups is 1. The summed E-state index contributed by atoms with van der Waals surface area (Å²) in [5.74, 6) is 2.48. The SMILES string of the molecule is c1ccc(C2=NC(c3ccccc3-c3ccc4c(c3)Oc3ccccc3C43c4ccccc4-c4ccccc43)=NC(c3cccc(-c4ccccc4)c3)C2)cc1. The van der Waals surface area contributed by atoms with Crippen molar-refractivity contribution < 1.29 is 4.74 Å². The van der Waals surface area contributed by atoms with Crippen LogP contribution in [0.1, 0.15) is 51.4 Å². The van der Waals surface area contributed by atoms with Gasteiger partial charge >= 0.3 is 0 Å². The van der Waals surface area contributed by atoms with Crippen molar-refractivity contribution in [1.29, 1.82) is 0 Å². The van der Waals surface area contributed by atoms with Crippen molar-refractivity contribution in [2.24, 2.45) is 9.98 Å². The lowest BCUT2D eigenvalue weighted by atomic mass is 9.66. The molecule has 0 amide bonds. The molecule has 264 valence electrons. The second-order valence-electron chi connectivity index (χ2n) is 14.8. The molecule has 8 aromatic rings. The lowest BCUT2D eigenvalue weighted by Crippen LogP contribution is -2.32. The zero-order valence-corrected chi connectivity index (χ0v) is 30.6. The standard InChI is InChI=1S/C53H36N2O/c1-3-16-35(17-4-1)37-20-15-21-39(32-37)49-34-48(36-18-5-2-6-19-36)54-52(55-49)43-25-8-7-22-40(43)38-30-31-47-51(33-38)56-50-29-14-13-28-46(50)53(47)44-26-11-9-23-41(44)42-24-10-12-27-45(42)53/h1-33,49H,34H2. The van der Waals surface area contributed by atoms with Gasteiger partial charge in [0.25, 0.3) is 0 Å². The first kappa shape index (κ1) is 32.3. The highest BCUT2D eigenvalue weighted by Gasteiger charge is 2.50. The van der Waals surface area contributed by atoms with Gasteiger partial charge in [-0.3, -0.25) is 4.99 Å². The van der Waals surface area contributed by atoms with E-state index in [9.17, 15) is 0 Å². The number of rotatable bonds is 5. The molecule has 0 radical (unpaired) electrons. The Bertz CT molecular complexity index is 2830. The highest BCUT2D eigenvalue weighted by molar-refractivity contribution is 6.16. The average molecular weight is 717 g/mol. The van der Waals surface area contributed by atoms with Gasteiger partial charge in [0.05, 0.1) is 17.2 Å². The van der Waals surface area contributed by atoms with Crippen molar-refractivity contribution in [3.63, 3.8) is 0 Å². The zero-order valence-electron chi connectivity index (χ0n) is 30.6. The Hall–Kier alpha value is -7.10. The van der Waals surface area contributed by atoms with Crippen LogP contribution in [0.15, 0.2) is 210 Å². The Morgan fingerprint density at radius 1 is 0.411 bits per heavy atom. The predicted octanol–water partition coefficient (Wildman–Crippen LogP) is 12.9. The maximum absolute atomic E-state index is 6.88. The summed E-state index contributed by atoms with van der Waals surface area (Å²) >= 11 is 0. The number of aliphatic imine (C=N–C) groups is 2. The number of benzene rings is 8. The molecule has 8 aromatic carbocycles. The number of fused-ring (bicyclic) bond motifs is 9. The summed E-state index contributed by atoms with van der Waals surface area (Å²) in [4.78, 5) is 10.8. The quantitative estimate of drug-likeness (QED) is 0.175. The first-order valence-electron chi connectivity index (χ1n) is 19.3. The number of nitrogens with zero attached hydrogens (tertiary/aromatic N) is 2. The number of para-hydroxylation sites is 1. The van der Waals surface area contributed by atoms with Crippen LogP contribution in [0.4, 0.5) is 0 Å². The van der Waals surface area contributed by atoms with Gasteiger partial charge in [0.2, 0.25) is 0 Å². The second kappa shape index (κ2) is 13.0. The van der Waals surface area contributed by atoms with Gasteiger partial charge in [-0.05, 0) is 73.8 Å². The maximum atomic E-state index is 6.88. The Kier molecular flexibility index (Phi) is 7.53. The van der Waals surface area contributed by atoms with Crippen LogP contribution in [0.5, 0.6) is 11.5 Å². The molecule has 56 heavy (non-hydrogen) atoms. The highest BCUT2D eigenvalue weighted by Crippen LogP contribution is 2.62. The fourth-order valence-corrected chi connectivity index (χ4v) is 9.23. The van der Waals surface area contributed by atoms with Gasteiger partial charge in [-0.2, -0.15) is 0 Å². The summed E-state index contributed by atoms with van der Waals surface area (Å²) in [6, 6.07) is 71.3. The third kappa shape index (κ3) is 5.05. The fourth-order valence-electron chi connectivity index (χ4n) is 9.23. The smallest absolute Gasteiger partial charge is 0.156 e. The van der Waals surface area contributed by atoms with Crippen LogP contribution in [0.2, 0.25) is 0 Å². The molecule has 0 N–H and O–H groups in total. The first-order valence-corrected chi connectivity index (χ1v) is 19.3. The lowest BCUT2D eigenvalue weighted by molar-refractivity contribution is 0.436. The van der Waals surface area contributed by atoms with Gasteiger partial charge in [-0.1, -0.05) is 182 Å². The third-order valence-electron chi connectivity index (χ3n) is 11.7. The van der Waals surface area contributed by atoms with E-state index in [0.29, 0.717) is 6.42 Å². The molecule has 0 aromatic heterocycles. The molecule has 0 saturated heterocycles. The van der Waals surface area contributed by atoms with E-state index in [2.05, 4.69) is 200 Å². The van der Waals surface area contributed by atoms with Crippen molar-refractivity contribution in [1.82, 2.24) is 0 Å². The van der Waals surface area contributed by atoms with Crippen LogP contribution >= 0.6 is 0 Å². The van der Waals surface area contributed by atoms with Gasteiger partial charge < -0.3 is 4.74 Å². The molecular formula is C53H36N2O. The number of hydrogen-bond acceptors (Lipinski definition) is 3. The van der Waals surface area contributed by atoms with E-state index in [1.807, 2.05) is 0 Å². The molecule has 3 aliphatic rings. The monoisotopic (exact) mass is 716 g/mol. The summed E-state index contributed by atoms with van der Waals surface area (Å²) < 4.78 is 6.88. The van der Waals surface area contributed by atoms with Crippen molar-refractivity contribution >= 4 is 11.5 Å². The molecule has 2 aliphatic heterocycles. The molecule has 11 rings (SSSR count). The van der Waals surface area contributed by atoms with Gasteiger partial charge in [0, 0.05) is 23.1 Å². The van der Waals surface area contributed by atoms with Crippen LogP contribution in [-0.2, 0) is 5.41 Å². The molecule has 1 spiro atoms. The van der Waals surface area contributed by atoms with E-state index in [-0.39, 0.29) is 6.04 Å². The minimum absolute atomic E-state index is 0.0971. The van der Waals surface area contributed by atoms with E-state index in [1.165, 1.54) is 44.5 Å². The molecule has 1 unspecified atom stereocenters. The largest absolute Gasteiger partial charge is 0.457 e. The Morgan fingerprint density at radius 3 is 1.71 bits per heavy atom. The van der Waals surface area contributed by atoms with Crippen LogP contribution in [0, 0.1) is 0 Å². The third-order valence-corrected chi connectivity index (χ3v) is 11.7. The van der Waals surface area contributed by atoms with Crippen LogP contribution in [-0.4, -0.2) is 11.5 Å². The second-order valence-corrected chi connectivity index (χ2v) is 14.8. The van der Waals surface area contributed by atoms with Gasteiger partial charge in [-0.15, -0.1) is 0 Å². The van der Waals surface area contributed by atoms with Crippen molar-refractivity contribution in [2.75, 3.05) is 0 Å². The minimum atomic E-state index is -0.501. The van der Waals surface area contributed by atoms with Crippen molar-refractivity contribution in [2.45, 2.75) is 17.9 Å². The first-order chi connectivity index (χ1) is 27.8.